The normalized spacial score (nSPS) is 23.0. The van der Waals surface area contributed by atoms with E-state index in [-0.39, 0.29) is 30.1 Å². The molecule has 2 aliphatic heterocycles. The van der Waals surface area contributed by atoms with Gasteiger partial charge in [0.15, 0.2) is 0 Å². The van der Waals surface area contributed by atoms with Gasteiger partial charge in [-0.25, -0.2) is 14.5 Å². The summed E-state index contributed by atoms with van der Waals surface area (Å²) in [5.41, 5.74) is 1.66. The van der Waals surface area contributed by atoms with Gasteiger partial charge in [-0.2, -0.15) is 0 Å². The maximum absolute atomic E-state index is 12.8. The minimum Gasteiger partial charge on any atom is -0.336 e. The predicted molar refractivity (Wildman–Crippen MR) is 94.4 cm³/mol. The van der Waals surface area contributed by atoms with Crippen LogP contribution in [0.5, 0.6) is 0 Å². The van der Waals surface area contributed by atoms with Crippen molar-refractivity contribution in [3.63, 3.8) is 0 Å². The molecule has 2 fully saturated rings. The van der Waals surface area contributed by atoms with Gasteiger partial charge < -0.3 is 15.5 Å². The first-order valence-electron chi connectivity index (χ1n) is 8.65. The van der Waals surface area contributed by atoms with Crippen LogP contribution in [-0.4, -0.2) is 47.5 Å². The maximum atomic E-state index is 12.8. The molecule has 0 radical (unpaired) electrons. The number of benzene rings is 1. The molecule has 2 atom stereocenters. The largest absolute Gasteiger partial charge is 0.336 e. The Hall–Kier alpha value is -2.57. The Morgan fingerprint density at radius 1 is 1.20 bits per heavy atom. The summed E-state index contributed by atoms with van der Waals surface area (Å²) in [5.74, 6) is -0.218. The summed E-state index contributed by atoms with van der Waals surface area (Å²) in [4.78, 5) is 40.2. The number of hydrogen-bond donors (Lipinski definition) is 2. The van der Waals surface area contributed by atoms with Gasteiger partial charge in [-0.3, -0.25) is 4.79 Å². The van der Waals surface area contributed by atoms with Crippen molar-refractivity contribution in [2.24, 2.45) is 0 Å². The van der Waals surface area contributed by atoms with Gasteiger partial charge in [-0.05, 0) is 45.7 Å². The van der Waals surface area contributed by atoms with Gasteiger partial charge in [0.05, 0.1) is 5.69 Å². The minimum atomic E-state index is -0.507. The third kappa shape index (κ3) is 3.45. The third-order valence-electron chi connectivity index (χ3n) is 4.59. The van der Waals surface area contributed by atoms with Crippen LogP contribution < -0.4 is 15.5 Å². The minimum absolute atomic E-state index is 0.0480. The van der Waals surface area contributed by atoms with Gasteiger partial charge in [0.1, 0.15) is 6.04 Å². The highest BCUT2D eigenvalue weighted by Crippen LogP contribution is 2.30. The van der Waals surface area contributed by atoms with Crippen molar-refractivity contribution < 1.29 is 14.4 Å². The lowest BCUT2D eigenvalue weighted by Crippen LogP contribution is -2.52. The molecule has 7 heteroatoms. The zero-order chi connectivity index (χ0) is 18.1. The Labute approximate surface area is 147 Å². The summed E-state index contributed by atoms with van der Waals surface area (Å²) >= 11 is 0. The van der Waals surface area contributed by atoms with E-state index in [0.29, 0.717) is 25.1 Å². The van der Waals surface area contributed by atoms with Gasteiger partial charge in [-0.15, -0.1) is 0 Å². The standard InChI is InChI=1S/C18H24N4O3/c1-11(2)19-17(24)20-13-8-9-21-15(10-13)16(23)22(18(21)25)14-6-4-12(3)5-7-14/h4-7,11,13,15H,8-10H2,1-3H3,(H2,19,20,24)/t13-,15+/m0/s1. The lowest BCUT2D eigenvalue weighted by Gasteiger charge is -2.32. The number of carbonyl (C=O) groups is 3. The number of fused-ring (bicyclic) bond motifs is 1. The van der Waals surface area contributed by atoms with Crippen LogP contribution >= 0.6 is 0 Å². The van der Waals surface area contributed by atoms with Gasteiger partial charge in [-0.1, -0.05) is 17.7 Å². The number of carbonyl (C=O) groups excluding carboxylic acids is 3. The molecule has 0 saturated carbocycles. The molecule has 134 valence electrons. The first-order valence-corrected chi connectivity index (χ1v) is 8.65. The lowest BCUT2D eigenvalue weighted by atomic mass is 9.98. The van der Waals surface area contributed by atoms with Gasteiger partial charge >= 0.3 is 12.1 Å². The van der Waals surface area contributed by atoms with Crippen LogP contribution in [0, 0.1) is 6.92 Å². The molecule has 2 heterocycles. The van der Waals surface area contributed by atoms with E-state index < -0.39 is 6.04 Å². The van der Waals surface area contributed by atoms with Crippen LogP contribution in [0.25, 0.3) is 0 Å². The average Bonchev–Trinajstić information content (AvgIpc) is 2.79. The first kappa shape index (κ1) is 17.3. The lowest BCUT2D eigenvalue weighted by molar-refractivity contribution is -0.120. The average molecular weight is 344 g/mol. The quantitative estimate of drug-likeness (QED) is 0.823. The number of aryl methyl sites for hydroxylation is 1. The van der Waals surface area contributed by atoms with Crippen molar-refractivity contribution in [2.75, 3.05) is 11.4 Å². The number of nitrogens with zero attached hydrogens (tertiary/aromatic N) is 2. The Morgan fingerprint density at radius 3 is 2.52 bits per heavy atom. The number of imide groups is 1. The molecule has 7 nitrogen and oxygen atoms in total. The van der Waals surface area contributed by atoms with E-state index >= 15 is 0 Å². The number of urea groups is 2. The van der Waals surface area contributed by atoms with Crippen molar-refractivity contribution >= 4 is 23.7 Å². The number of piperidine rings is 1. The molecule has 0 spiro atoms. The molecule has 5 amide bonds. The van der Waals surface area contributed by atoms with Crippen LogP contribution in [-0.2, 0) is 4.79 Å². The van der Waals surface area contributed by atoms with Crippen molar-refractivity contribution in [1.82, 2.24) is 15.5 Å². The van der Waals surface area contributed by atoms with Crippen LogP contribution in [0.1, 0.15) is 32.3 Å². The Balaban J connectivity index is 1.71. The number of anilines is 1. The molecule has 25 heavy (non-hydrogen) atoms. The molecule has 2 saturated heterocycles. The number of hydrogen-bond acceptors (Lipinski definition) is 3. The van der Waals surface area contributed by atoms with E-state index in [4.69, 9.17) is 0 Å². The van der Waals surface area contributed by atoms with E-state index in [1.165, 1.54) is 4.90 Å². The van der Waals surface area contributed by atoms with Gasteiger partial charge in [0.25, 0.3) is 5.91 Å². The zero-order valence-electron chi connectivity index (χ0n) is 14.8. The van der Waals surface area contributed by atoms with E-state index in [1.54, 1.807) is 17.0 Å². The highest BCUT2D eigenvalue weighted by atomic mass is 16.2. The van der Waals surface area contributed by atoms with Gasteiger partial charge in [0.2, 0.25) is 0 Å². The second kappa shape index (κ2) is 6.74. The summed E-state index contributed by atoms with van der Waals surface area (Å²) in [6.07, 6.45) is 1.08. The third-order valence-corrected chi connectivity index (χ3v) is 4.59. The number of nitrogens with one attached hydrogen (secondary N) is 2. The molecular weight excluding hydrogens is 320 g/mol. The van der Waals surface area contributed by atoms with Gasteiger partial charge in [0, 0.05) is 18.6 Å². The molecule has 0 unspecified atom stereocenters. The first-order chi connectivity index (χ1) is 11.9. The molecular formula is C18H24N4O3. The highest BCUT2D eigenvalue weighted by Gasteiger charge is 2.48. The second-order valence-corrected chi connectivity index (χ2v) is 6.99. The smallest absolute Gasteiger partial charge is 0.332 e. The summed E-state index contributed by atoms with van der Waals surface area (Å²) in [7, 11) is 0. The zero-order valence-corrected chi connectivity index (χ0v) is 14.8. The predicted octanol–water partition coefficient (Wildman–Crippen LogP) is 2.00. The van der Waals surface area contributed by atoms with Crippen LogP contribution in [0.15, 0.2) is 24.3 Å². The van der Waals surface area contributed by atoms with Crippen LogP contribution in [0.4, 0.5) is 15.3 Å². The number of amides is 5. The molecule has 3 rings (SSSR count). The Bertz CT molecular complexity index is 686. The second-order valence-electron chi connectivity index (χ2n) is 6.99. The fraction of sp³-hybridized carbons (Fsp3) is 0.500. The van der Waals surface area contributed by atoms with E-state index in [2.05, 4.69) is 10.6 Å². The monoisotopic (exact) mass is 344 g/mol. The van der Waals surface area contributed by atoms with E-state index in [1.807, 2.05) is 32.9 Å². The molecule has 0 bridgehead atoms. The highest BCUT2D eigenvalue weighted by molar-refractivity contribution is 6.21. The summed E-state index contributed by atoms with van der Waals surface area (Å²) < 4.78 is 0. The molecule has 2 aliphatic rings. The summed E-state index contributed by atoms with van der Waals surface area (Å²) in [6, 6.07) is 6.25. The fourth-order valence-electron chi connectivity index (χ4n) is 3.35. The van der Waals surface area contributed by atoms with Crippen LogP contribution in [0.2, 0.25) is 0 Å². The molecule has 2 N–H and O–H groups in total. The van der Waals surface area contributed by atoms with Crippen molar-refractivity contribution in [1.29, 1.82) is 0 Å². The maximum Gasteiger partial charge on any atom is 0.332 e. The SMILES string of the molecule is Cc1ccc(N2C(=O)[C@H]3C[C@@H](NC(=O)NC(C)C)CCN3C2=O)cc1. The molecule has 0 aromatic heterocycles. The Morgan fingerprint density at radius 2 is 1.88 bits per heavy atom. The summed E-state index contributed by atoms with van der Waals surface area (Å²) in [6.45, 7) is 6.20. The van der Waals surface area contributed by atoms with Crippen molar-refractivity contribution in [3.05, 3.63) is 29.8 Å². The van der Waals surface area contributed by atoms with Crippen molar-refractivity contribution in [2.45, 2.75) is 51.7 Å². The topological polar surface area (TPSA) is 81.8 Å². The number of rotatable bonds is 3. The molecule has 1 aromatic carbocycles. The van der Waals surface area contributed by atoms with Crippen molar-refractivity contribution in [3.8, 4) is 0 Å². The molecule has 0 aliphatic carbocycles. The Kier molecular flexibility index (Phi) is 4.65. The fourth-order valence-corrected chi connectivity index (χ4v) is 3.35. The molecule has 1 aromatic rings. The van der Waals surface area contributed by atoms with E-state index in [0.717, 1.165) is 5.56 Å². The van der Waals surface area contributed by atoms with E-state index in [9.17, 15) is 14.4 Å². The summed E-state index contributed by atoms with van der Waals surface area (Å²) in [5, 5.41) is 5.69. The van der Waals surface area contributed by atoms with Crippen LogP contribution in [0.3, 0.4) is 0 Å².